The van der Waals surface area contributed by atoms with Gasteiger partial charge in [-0.3, -0.25) is 4.98 Å². The maximum atomic E-state index is 9.89. The first-order chi connectivity index (χ1) is 12.4. The molecule has 1 aliphatic carbocycles. The van der Waals surface area contributed by atoms with Gasteiger partial charge < -0.3 is 15.7 Å². The van der Waals surface area contributed by atoms with E-state index in [-0.39, 0.29) is 17.6 Å². The van der Waals surface area contributed by atoms with Crippen LogP contribution in [0.2, 0.25) is 0 Å². The van der Waals surface area contributed by atoms with Crippen molar-refractivity contribution >= 4 is 11.8 Å². The molecule has 136 valence electrons. The van der Waals surface area contributed by atoms with Crippen molar-refractivity contribution in [2.24, 2.45) is 5.41 Å². The minimum atomic E-state index is -0.340. The van der Waals surface area contributed by atoms with Gasteiger partial charge in [-0.05, 0) is 31.4 Å². The first-order valence-electron chi connectivity index (χ1n) is 8.77. The third kappa shape index (κ3) is 3.75. The second-order valence-corrected chi connectivity index (χ2v) is 7.32. The van der Waals surface area contributed by atoms with Gasteiger partial charge in [0.25, 0.3) is 0 Å². The molecule has 7 nitrogen and oxygen atoms in total. The zero-order chi connectivity index (χ0) is 18.7. The molecule has 1 aliphatic rings. The molecule has 3 N–H and O–H groups in total. The number of nitrogens with one attached hydrogen (secondary N) is 2. The van der Waals surface area contributed by atoms with Crippen LogP contribution in [-0.4, -0.2) is 38.7 Å². The Labute approximate surface area is 153 Å². The largest absolute Gasteiger partial charge is 0.392 e. The molecule has 0 amide bonds. The number of nitrogens with zero attached hydrogens (tertiary/aromatic N) is 4. The molecule has 7 heteroatoms. The summed E-state index contributed by atoms with van der Waals surface area (Å²) in [5.41, 5.74) is 2.29. The predicted molar refractivity (Wildman–Crippen MR) is 99.7 cm³/mol. The smallest absolute Gasteiger partial charge is 0.224 e. The van der Waals surface area contributed by atoms with Crippen molar-refractivity contribution < 1.29 is 5.11 Å². The van der Waals surface area contributed by atoms with E-state index in [1.165, 1.54) is 6.20 Å². The average molecular weight is 352 g/mol. The maximum Gasteiger partial charge on any atom is 0.224 e. The predicted octanol–water partition coefficient (Wildman–Crippen LogP) is 2.28. The Morgan fingerprint density at radius 3 is 2.73 bits per heavy atom. The van der Waals surface area contributed by atoms with Gasteiger partial charge in [0.05, 0.1) is 12.3 Å². The molecule has 0 aromatic carbocycles. The Balaban J connectivity index is 1.63. The van der Waals surface area contributed by atoms with Gasteiger partial charge in [0, 0.05) is 29.9 Å². The number of pyridine rings is 1. The zero-order valence-corrected chi connectivity index (χ0v) is 15.3. The fourth-order valence-electron chi connectivity index (χ4n) is 2.94. The summed E-state index contributed by atoms with van der Waals surface area (Å²) in [5.74, 6) is 0.983. The molecule has 0 saturated heterocycles. The van der Waals surface area contributed by atoms with Gasteiger partial charge in [-0.2, -0.15) is 10.2 Å². The van der Waals surface area contributed by atoms with E-state index in [0.29, 0.717) is 30.3 Å². The molecule has 2 atom stereocenters. The van der Waals surface area contributed by atoms with Crippen LogP contribution in [0, 0.1) is 23.7 Å². The highest BCUT2D eigenvalue weighted by Crippen LogP contribution is 2.42. The summed E-state index contributed by atoms with van der Waals surface area (Å²) in [7, 11) is 0. The molecular formula is C19H24N6O. The zero-order valence-electron chi connectivity index (χ0n) is 15.3. The molecule has 1 saturated carbocycles. The minimum Gasteiger partial charge on any atom is -0.392 e. The van der Waals surface area contributed by atoms with E-state index in [9.17, 15) is 10.4 Å². The Kier molecular flexibility index (Phi) is 5.05. The topological polar surface area (TPSA) is 107 Å². The molecule has 26 heavy (non-hydrogen) atoms. The SMILES string of the molecule is Cc1ccc(CCNc2ncc(C#N)c(NC3C[C@H](O)C3(C)C)n2)cn1. The number of aromatic nitrogens is 3. The normalized spacial score (nSPS) is 20.7. The minimum absolute atomic E-state index is 0.0750. The van der Waals surface area contributed by atoms with E-state index in [0.717, 1.165) is 17.7 Å². The van der Waals surface area contributed by atoms with E-state index >= 15 is 0 Å². The van der Waals surface area contributed by atoms with Crippen LogP contribution < -0.4 is 10.6 Å². The number of aryl methyl sites for hydroxylation is 1. The van der Waals surface area contributed by atoms with Gasteiger partial charge >= 0.3 is 0 Å². The molecule has 1 unspecified atom stereocenters. The number of aliphatic hydroxyl groups is 1. The lowest BCUT2D eigenvalue weighted by atomic mass is 9.64. The lowest BCUT2D eigenvalue weighted by Gasteiger charge is -2.49. The summed E-state index contributed by atoms with van der Waals surface area (Å²) in [5, 5.41) is 25.7. The highest BCUT2D eigenvalue weighted by molar-refractivity contribution is 5.54. The van der Waals surface area contributed by atoms with E-state index in [4.69, 9.17) is 0 Å². The standard InChI is InChI=1S/C19H24N6O/c1-12-4-5-13(10-22-12)6-7-21-18-23-11-14(9-20)17(25-18)24-15-8-16(26)19(15,2)3/h4-5,10-11,15-16,26H,6-8H2,1-3H3,(H2,21,23,24,25)/t15?,16-/m0/s1. The third-order valence-corrected chi connectivity index (χ3v) is 5.11. The van der Waals surface area contributed by atoms with Crippen molar-refractivity contribution in [1.82, 2.24) is 15.0 Å². The van der Waals surface area contributed by atoms with E-state index < -0.39 is 0 Å². The maximum absolute atomic E-state index is 9.89. The second-order valence-electron chi connectivity index (χ2n) is 7.32. The first kappa shape index (κ1) is 18.1. The quantitative estimate of drug-likeness (QED) is 0.732. The molecule has 0 radical (unpaired) electrons. The van der Waals surface area contributed by atoms with Crippen LogP contribution in [-0.2, 0) is 6.42 Å². The molecule has 0 aliphatic heterocycles. The van der Waals surface area contributed by atoms with Crippen LogP contribution in [0.4, 0.5) is 11.8 Å². The van der Waals surface area contributed by atoms with Gasteiger partial charge in [-0.25, -0.2) is 4.98 Å². The van der Waals surface area contributed by atoms with Crippen LogP contribution in [0.25, 0.3) is 0 Å². The lowest BCUT2D eigenvalue weighted by molar-refractivity contribution is -0.0511. The lowest BCUT2D eigenvalue weighted by Crippen LogP contribution is -2.57. The van der Waals surface area contributed by atoms with E-state index in [2.05, 4.69) is 37.7 Å². The van der Waals surface area contributed by atoms with Crippen molar-refractivity contribution in [1.29, 1.82) is 5.26 Å². The number of hydrogen-bond acceptors (Lipinski definition) is 7. The Morgan fingerprint density at radius 2 is 2.12 bits per heavy atom. The molecule has 0 spiro atoms. The number of aliphatic hydroxyl groups excluding tert-OH is 1. The van der Waals surface area contributed by atoms with Crippen molar-refractivity contribution in [2.75, 3.05) is 17.2 Å². The summed E-state index contributed by atoms with van der Waals surface area (Å²) >= 11 is 0. The van der Waals surface area contributed by atoms with E-state index in [1.807, 2.05) is 33.0 Å². The highest BCUT2D eigenvalue weighted by atomic mass is 16.3. The van der Waals surface area contributed by atoms with Crippen LogP contribution >= 0.6 is 0 Å². The van der Waals surface area contributed by atoms with Crippen molar-refractivity contribution in [3.8, 4) is 6.07 Å². The van der Waals surface area contributed by atoms with Gasteiger partial charge in [0.1, 0.15) is 17.5 Å². The van der Waals surface area contributed by atoms with Gasteiger partial charge in [-0.1, -0.05) is 19.9 Å². The van der Waals surface area contributed by atoms with E-state index in [1.54, 1.807) is 0 Å². The summed E-state index contributed by atoms with van der Waals surface area (Å²) in [6.07, 6.45) is 4.50. The van der Waals surface area contributed by atoms with Gasteiger partial charge in [0.2, 0.25) is 5.95 Å². The van der Waals surface area contributed by atoms with Crippen molar-refractivity contribution in [2.45, 2.75) is 45.8 Å². The molecule has 2 heterocycles. The Hall–Kier alpha value is -2.72. The number of rotatable bonds is 6. The monoisotopic (exact) mass is 352 g/mol. The van der Waals surface area contributed by atoms with Crippen LogP contribution in [0.15, 0.2) is 24.5 Å². The number of nitriles is 1. The summed E-state index contributed by atoms with van der Waals surface area (Å²) in [4.78, 5) is 12.9. The molecule has 1 fully saturated rings. The molecular weight excluding hydrogens is 328 g/mol. The molecule has 0 bridgehead atoms. The third-order valence-electron chi connectivity index (χ3n) is 5.11. The summed E-state index contributed by atoms with van der Waals surface area (Å²) in [6, 6.07) is 6.24. The fraction of sp³-hybridized carbons (Fsp3) is 0.474. The molecule has 2 aromatic heterocycles. The fourth-order valence-corrected chi connectivity index (χ4v) is 2.94. The molecule has 2 aromatic rings. The van der Waals surface area contributed by atoms with Crippen LogP contribution in [0.5, 0.6) is 0 Å². The van der Waals surface area contributed by atoms with Crippen molar-refractivity contribution in [3.05, 3.63) is 41.3 Å². The van der Waals surface area contributed by atoms with Gasteiger partial charge in [0.15, 0.2) is 0 Å². The first-order valence-corrected chi connectivity index (χ1v) is 8.77. The highest BCUT2D eigenvalue weighted by Gasteiger charge is 2.47. The van der Waals surface area contributed by atoms with Crippen LogP contribution in [0.1, 0.15) is 37.1 Å². The van der Waals surface area contributed by atoms with Gasteiger partial charge in [-0.15, -0.1) is 0 Å². The Morgan fingerprint density at radius 1 is 1.31 bits per heavy atom. The second kappa shape index (κ2) is 7.26. The van der Waals surface area contributed by atoms with Crippen molar-refractivity contribution in [3.63, 3.8) is 0 Å². The summed E-state index contributed by atoms with van der Waals surface area (Å²) in [6.45, 7) is 6.63. The Bertz CT molecular complexity index is 812. The van der Waals surface area contributed by atoms with Crippen LogP contribution in [0.3, 0.4) is 0 Å². The number of hydrogen-bond donors (Lipinski definition) is 3. The number of anilines is 2. The average Bonchev–Trinajstić information content (AvgIpc) is 2.63. The molecule has 3 rings (SSSR count). The summed E-state index contributed by atoms with van der Waals surface area (Å²) < 4.78 is 0.